The van der Waals surface area contributed by atoms with Crippen LogP contribution in [0.15, 0.2) is 84.9 Å². The molecule has 0 aliphatic rings. The van der Waals surface area contributed by atoms with E-state index >= 15 is 0 Å². The SMILES string of the molecule is C[C@H](NC(=O)COc1ccc(N(Cc2ccccc2)S(C)(=O)=O)cc1)c1ccccc1. The highest BCUT2D eigenvalue weighted by Gasteiger charge is 2.18. The zero-order valence-corrected chi connectivity index (χ0v) is 18.4. The average molecular weight is 439 g/mol. The normalized spacial score (nSPS) is 12.1. The van der Waals surface area contributed by atoms with Gasteiger partial charge in [0, 0.05) is 0 Å². The maximum absolute atomic E-state index is 12.3. The fourth-order valence-electron chi connectivity index (χ4n) is 3.11. The van der Waals surface area contributed by atoms with Crippen molar-refractivity contribution in [3.63, 3.8) is 0 Å². The Bertz CT molecular complexity index is 1090. The van der Waals surface area contributed by atoms with Crippen LogP contribution in [-0.2, 0) is 21.4 Å². The van der Waals surface area contributed by atoms with Crippen molar-refractivity contribution in [2.24, 2.45) is 0 Å². The second kappa shape index (κ2) is 10.1. The number of ether oxygens (including phenoxy) is 1. The molecule has 3 rings (SSSR count). The molecule has 0 saturated carbocycles. The molecule has 6 nitrogen and oxygen atoms in total. The van der Waals surface area contributed by atoms with Gasteiger partial charge < -0.3 is 10.1 Å². The van der Waals surface area contributed by atoms with Gasteiger partial charge in [-0.2, -0.15) is 0 Å². The Morgan fingerprint density at radius 2 is 1.52 bits per heavy atom. The summed E-state index contributed by atoms with van der Waals surface area (Å²) >= 11 is 0. The van der Waals surface area contributed by atoms with Crippen molar-refractivity contribution in [1.82, 2.24) is 5.32 Å². The summed E-state index contributed by atoms with van der Waals surface area (Å²) in [6.45, 7) is 2.02. The predicted octanol–water partition coefficient (Wildman–Crippen LogP) is 3.91. The van der Waals surface area contributed by atoms with Crippen LogP contribution in [0.1, 0.15) is 24.1 Å². The number of hydrogen-bond donors (Lipinski definition) is 1. The number of anilines is 1. The third-order valence-electron chi connectivity index (χ3n) is 4.74. The van der Waals surface area contributed by atoms with Crippen LogP contribution in [0.25, 0.3) is 0 Å². The van der Waals surface area contributed by atoms with E-state index in [1.54, 1.807) is 24.3 Å². The average Bonchev–Trinajstić information content (AvgIpc) is 2.77. The molecule has 0 saturated heterocycles. The molecule has 0 heterocycles. The van der Waals surface area contributed by atoms with E-state index in [-0.39, 0.29) is 25.1 Å². The van der Waals surface area contributed by atoms with Gasteiger partial charge in [-0.05, 0) is 42.3 Å². The maximum Gasteiger partial charge on any atom is 0.258 e. The van der Waals surface area contributed by atoms with E-state index in [4.69, 9.17) is 4.74 Å². The molecule has 0 radical (unpaired) electrons. The molecule has 1 atom stereocenters. The van der Waals surface area contributed by atoms with Crippen LogP contribution >= 0.6 is 0 Å². The van der Waals surface area contributed by atoms with Crippen LogP contribution in [-0.4, -0.2) is 27.2 Å². The first-order valence-electron chi connectivity index (χ1n) is 9.92. The van der Waals surface area contributed by atoms with Crippen LogP contribution in [0.2, 0.25) is 0 Å². The summed E-state index contributed by atoms with van der Waals surface area (Å²) in [6, 6.07) is 25.6. The first-order chi connectivity index (χ1) is 14.8. The van der Waals surface area contributed by atoms with E-state index in [1.807, 2.05) is 67.6 Å². The Morgan fingerprint density at radius 1 is 0.935 bits per heavy atom. The van der Waals surface area contributed by atoms with Gasteiger partial charge in [-0.1, -0.05) is 60.7 Å². The highest BCUT2D eigenvalue weighted by molar-refractivity contribution is 7.92. The molecule has 0 unspecified atom stereocenters. The third kappa shape index (κ3) is 6.58. The minimum absolute atomic E-state index is 0.124. The lowest BCUT2D eigenvalue weighted by atomic mass is 10.1. The number of amides is 1. The maximum atomic E-state index is 12.3. The largest absolute Gasteiger partial charge is 0.484 e. The van der Waals surface area contributed by atoms with E-state index < -0.39 is 10.0 Å². The van der Waals surface area contributed by atoms with Crippen LogP contribution in [0, 0.1) is 0 Å². The molecule has 0 fully saturated rings. The summed E-state index contributed by atoms with van der Waals surface area (Å²) < 4.78 is 31.5. The number of sulfonamides is 1. The standard InChI is InChI=1S/C24H26N2O4S/c1-19(21-11-7-4-8-12-21)25-24(27)18-30-23-15-13-22(14-16-23)26(31(2,28)29)17-20-9-5-3-6-10-20/h3-16,19H,17-18H2,1-2H3,(H,25,27)/t19-/m0/s1. The molecule has 0 bridgehead atoms. The molecular formula is C24H26N2O4S. The van der Waals surface area contributed by atoms with Crippen molar-refractivity contribution in [3.05, 3.63) is 96.1 Å². The first-order valence-corrected chi connectivity index (χ1v) is 11.8. The first kappa shape index (κ1) is 22.4. The molecule has 1 N–H and O–H groups in total. The Labute approximate surface area is 183 Å². The third-order valence-corrected chi connectivity index (χ3v) is 5.88. The van der Waals surface area contributed by atoms with Gasteiger partial charge in [-0.25, -0.2) is 8.42 Å². The van der Waals surface area contributed by atoms with Gasteiger partial charge >= 0.3 is 0 Å². The van der Waals surface area contributed by atoms with Gasteiger partial charge in [0.15, 0.2) is 6.61 Å². The van der Waals surface area contributed by atoms with Crippen LogP contribution in [0.4, 0.5) is 5.69 Å². The number of rotatable bonds is 9. The number of hydrogen-bond acceptors (Lipinski definition) is 4. The summed E-state index contributed by atoms with van der Waals surface area (Å²) in [5, 5.41) is 2.89. The summed E-state index contributed by atoms with van der Waals surface area (Å²) in [7, 11) is -3.47. The topological polar surface area (TPSA) is 75.7 Å². The van der Waals surface area contributed by atoms with Crippen LogP contribution in [0.3, 0.4) is 0 Å². The van der Waals surface area contributed by atoms with E-state index in [1.165, 1.54) is 10.6 Å². The summed E-state index contributed by atoms with van der Waals surface area (Å²) in [6.07, 6.45) is 1.18. The van der Waals surface area contributed by atoms with E-state index in [9.17, 15) is 13.2 Å². The zero-order chi connectivity index (χ0) is 22.3. The van der Waals surface area contributed by atoms with E-state index in [0.29, 0.717) is 11.4 Å². The lowest BCUT2D eigenvalue weighted by Crippen LogP contribution is -2.31. The number of benzene rings is 3. The predicted molar refractivity (Wildman–Crippen MR) is 122 cm³/mol. The molecule has 162 valence electrons. The molecule has 0 aliphatic heterocycles. The van der Waals surface area contributed by atoms with Crippen molar-refractivity contribution < 1.29 is 17.9 Å². The monoisotopic (exact) mass is 438 g/mol. The number of carbonyl (C=O) groups excluding carboxylic acids is 1. The van der Waals surface area contributed by atoms with Gasteiger partial charge in [0.25, 0.3) is 5.91 Å². The Hall–Kier alpha value is -3.32. The molecule has 31 heavy (non-hydrogen) atoms. The number of nitrogens with zero attached hydrogens (tertiary/aromatic N) is 1. The van der Waals surface area contributed by atoms with Crippen molar-refractivity contribution in [1.29, 1.82) is 0 Å². The minimum atomic E-state index is -3.47. The molecule has 0 spiro atoms. The Morgan fingerprint density at radius 3 is 2.10 bits per heavy atom. The molecule has 3 aromatic carbocycles. The minimum Gasteiger partial charge on any atom is -0.484 e. The van der Waals surface area contributed by atoms with Gasteiger partial charge in [-0.15, -0.1) is 0 Å². The highest BCUT2D eigenvalue weighted by atomic mass is 32.2. The fraction of sp³-hybridized carbons (Fsp3) is 0.208. The quantitative estimate of drug-likeness (QED) is 0.550. The van der Waals surface area contributed by atoms with Gasteiger partial charge in [0.1, 0.15) is 5.75 Å². The summed E-state index contributed by atoms with van der Waals surface area (Å²) in [5.41, 5.74) is 2.43. The van der Waals surface area contributed by atoms with Gasteiger partial charge in [0.05, 0.1) is 24.5 Å². The Balaban J connectivity index is 1.60. The van der Waals surface area contributed by atoms with Crippen molar-refractivity contribution in [2.45, 2.75) is 19.5 Å². The number of carbonyl (C=O) groups is 1. The lowest BCUT2D eigenvalue weighted by molar-refractivity contribution is -0.123. The molecule has 0 aromatic heterocycles. The van der Waals surface area contributed by atoms with Gasteiger partial charge in [0.2, 0.25) is 10.0 Å². The molecular weight excluding hydrogens is 412 g/mol. The zero-order valence-electron chi connectivity index (χ0n) is 17.6. The Kier molecular flexibility index (Phi) is 7.31. The van der Waals surface area contributed by atoms with Crippen molar-refractivity contribution in [3.8, 4) is 5.75 Å². The summed E-state index contributed by atoms with van der Waals surface area (Å²) in [5.74, 6) is 0.252. The smallest absolute Gasteiger partial charge is 0.258 e. The molecule has 7 heteroatoms. The van der Waals surface area contributed by atoms with Crippen LogP contribution in [0.5, 0.6) is 5.75 Å². The van der Waals surface area contributed by atoms with Crippen molar-refractivity contribution >= 4 is 21.6 Å². The van der Waals surface area contributed by atoms with Crippen LogP contribution < -0.4 is 14.4 Å². The lowest BCUT2D eigenvalue weighted by Gasteiger charge is -2.23. The van der Waals surface area contributed by atoms with Crippen molar-refractivity contribution in [2.75, 3.05) is 17.2 Å². The molecule has 0 aliphatic carbocycles. The second-order valence-electron chi connectivity index (χ2n) is 7.24. The van der Waals surface area contributed by atoms with E-state index in [0.717, 1.165) is 11.1 Å². The molecule has 1 amide bonds. The van der Waals surface area contributed by atoms with Gasteiger partial charge in [-0.3, -0.25) is 9.10 Å². The molecule has 3 aromatic rings. The van der Waals surface area contributed by atoms with E-state index in [2.05, 4.69) is 5.32 Å². The fourth-order valence-corrected chi connectivity index (χ4v) is 4.00. The summed E-state index contributed by atoms with van der Waals surface area (Å²) in [4.78, 5) is 12.2. The highest BCUT2D eigenvalue weighted by Crippen LogP contribution is 2.23. The second-order valence-corrected chi connectivity index (χ2v) is 9.14. The number of nitrogens with one attached hydrogen (secondary N) is 1.